The van der Waals surface area contributed by atoms with E-state index in [1.165, 1.54) is 22.4 Å². The number of likely N-dealkylation sites (N-methyl/N-ethyl adjacent to an activating group) is 1. The van der Waals surface area contributed by atoms with Crippen molar-refractivity contribution < 1.29 is 13.3 Å². The molecule has 1 aromatic carbocycles. The largest absolute Gasteiger partial charge is 0.334 e. The fourth-order valence-corrected chi connectivity index (χ4v) is 4.01. The van der Waals surface area contributed by atoms with E-state index in [4.69, 9.17) is 0 Å². The molecule has 5 heteroatoms. The third-order valence-electron chi connectivity index (χ3n) is 4.40. The van der Waals surface area contributed by atoms with Crippen molar-refractivity contribution in [1.82, 2.24) is 4.72 Å². The fourth-order valence-electron chi connectivity index (χ4n) is 2.93. The molecule has 1 aliphatic carbocycles. The second-order valence-electron chi connectivity index (χ2n) is 5.74. The SMILES string of the molecule is CC[NH+](CC)CCNS(=O)(=O)c1ccc2c(c1)CCCC2. The van der Waals surface area contributed by atoms with Crippen LogP contribution in [0.3, 0.4) is 0 Å². The van der Waals surface area contributed by atoms with Crippen molar-refractivity contribution in [3.63, 3.8) is 0 Å². The molecule has 0 aliphatic heterocycles. The number of aryl methyl sites for hydroxylation is 2. The molecule has 0 saturated carbocycles. The molecule has 0 saturated heterocycles. The summed E-state index contributed by atoms with van der Waals surface area (Å²) in [5.74, 6) is 0. The van der Waals surface area contributed by atoms with Crippen molar-refractivity contribution in [1.29, 1.82) is 0 Å². The first kappa shape index (κ1) is 16.5. The molecule has 0 radical (unpaired) electrons. The first-order chi connectivity index (χ1) is 10.1. The second kappa shape index (κ2) is 7.38. The molecule has 0 spiro atoms. The Balaban J connectivity index is 2.02. The van der Waals surface area contributed by atoms with Gasteiger partial charge in [-0.2, -0.15) is 0 Å². The number of rotatable bonds is 7. The van der Waals surface area contributed by atoms with Gasteiger partial charge in [-0.05, 0) is 62.8 Å². The van der Waals surface area contributed by atoms with Gasteiger partial charge in [-0.15, -0.1) is 0 Å². The number of sulfonamides is 1. The molecule has 21 heavy (non-hydrogen) atoms. The summed E-state index contributed by atoms with van der Waals surface area (Å²) in [6, 6.07) is 5.59. The lowest BCUT2D eigenvalue weighted by atomic mass is 9.92. The Kier molecular flexibility index (Phi) is 5.79. The van der Waals surface area contributed by atoms with Crippen LogP contribution in [0.5, 0.6) is 0 Å². The number of hydrogen-bond acceptors (Lipinski definition) is 2. The Hall–Kier alpha value is -0.910. The highest BCUT2D eigenvalue weighted by molar-refractivity contribution is 7.89. The van der Waals surface area contributed by atoms with E-state index in [0.717, 1.165) is 38.9 Å². The molecule has 1 aromatic rings. The molecule has 0 unspecified atom stereocenters. The van der Waals surface area contributed by atoms with Crippen LogP contribution in [-0.4, -0.2) is 34.6 Å². The van der Waals surface area contributed by atoms with Gasteiger partial charge in [0.25, 0.3) is 0 Å². The zero-order valence-electron chi connectivity index (χ0n) is 13.1. The van der Waals surface area contributed by atoms with E-state index < -0.39 is 10.0 Å². The number of benzene rings is 1. The van der Waals surface area contributed by atoms with E-state index in [1.807, 2.05) is 12.1 Å². The molecular weight excluding hydrogens is 284 g/mol. The molecule has 118 valence electrons. The van der Waals surface area contributed by atoms with Crippen molar-refractivity contribution in [3.05, 3.63) is 29.3 Å². The van der Waals surface area contributed by atoms with Crippen LogP contribution >= 0.6 is 0 Å². The minimum absolute atomic E-state index is 0.415. The fraction of sp³-hybridized carbons (Fsp3) is 0.625. The lowest BCUT2D eigenvalue weighted by Crippen LogP contribution is -3.12. The molecule has 0 fully saturated rings. The predicted molar refractivity (Wildman–Crippen MR) is 85.2 cm³/mol. The Morgan fingerprint density at radius 1 is 1.10 bits per heavy atom. The highest BCUT2D eigenvalue weighted by Crippen LogP contribution is 2.23. The van der Waals surface area contributed by atoms with E-state index >= 15 is 0 Å². The maximum Gasteiger partial charge on any atom is 0.240 e. The van der Waals surface area contributed by atoms with Gasteiger partial charge in [0, 0.05) is 0 Å². The maximum atomic E-state index is 12.4. The normalized spacial score (nSPS) is 15.2. The molecule has 0 amide bonds. The van der Waals surface area contributed by atoms with Gasteiger partial charge in [0.05, 0.1) is 31.1 Å². The van der Waals surface area contributed by atoms with E-state index in [9.17, 15) is 8.42 Å². The monoisotopic (exact) mass is 311 g/mol. The van der Waals surface area contributed by atoms with Crippen LogP contribution in [0.15, 0.2) is 23.1 Å². The highest BCUT2D eigenvalue weighted by atomic mass is 32.2. The van der Waals surface area contributed by atoms with Gasteiger partial charge in [-0.3, -0.25) is 0 Å². The minimum atomic E-state index is -3.37. The van der Waals surface area contributed by atoms with Crippen LogP contribution in [0.25, 0.3) is 0 Å². The van der Waals surface area contributed by atoms with Gasteiger partial charge in [0.1, 0.15) is 0 Å². The number of hydrogen-bond donors (Lipinski definition) is 2. The first-order valence-corrected chi connectivity index (χ1v) is 9.50. The van der Waals surface area contributed by atoms with Gasteiger partial charge >= 0.3 is 0 Å². The van der Waals surface area contributed by atoms with E-state index in [2.05, 4.69) is 18.6 Å². The van der Waals surface area contributed by atoms with Gasteiger partial charge < -0.3 is 4.90 Å². The van der Waals surface area contributed by atoms with Crippen LogP contribution in [0, 0.1) is 0 Å². The van der Waals surface area contributed by atoms with Crippen molar-refractivity contribution in [2.45, 2.75) is 44.4 Å². The molecule has 0 bridgehead atoms. The number of nitrogens with one attached hydrogen (secondary N) is 2. The molecule has 2 N–H and O–H groups in total. The summed E-state index contributed by atoms with van der Waals surface area (Å²) in [6.45, 7) is 7.62. The van der Waals surface area contributed by atoms with Gasteiger partial charge in [0.15, 0.2) is 0 Å². The summed E-state index contributed by atoms with van der Waals surface area (Å²) in [5, 5.41) is 0. The zero-order chi connectivity index (χ0) is 15.3. The molecule has 4 nitrogen and oxygen atoms in total. The van der Waals surface area contributed by atoms with Gasteiger partial charge in [-0.25, -0.2) is 13.1 Å². The van der Waals surface area contributed by atoms with Crippen LogP contribution in [0.2, 0.25) is 0 Å². The second-order valence-corrected chi connectivity index (χ2v) is 7.51. The van der Waals surface area contributed by atoms with E-state index in [1.54, 1.807) is 6.07 Å². The maximum absolute atomic E-state index is 12.4. The first-order valence-electron chi connectivity index (χ1n) is 8.02. The van der Waals surface area contributed by atoms with Crippen LogP contribution in [0.4, 0.5) is 0 Å². The summed E-state index contributed by atoms with van der Waals surface area (Å²) in [6.07, 6.45) is 4.45. The molecule has 0 heterocycles. The van der Waals surface area contributed by atoms with Crippen LogP contribution in [-0.2, 0) is 22.9 Å². The summed E-state index contributed by atoms with van der Waals surface area (Å²) in [4.78, 5) is 1.82. The summed E-state index contributed by atoms with van der Waals surface area (Å²) < 4.78 is 27.4. The lowest BCUT2D eigenvalue weighted by Gasteiger charge is -2.18. The third-order valence-corrected chi connectivity index (χ3v) is 5.86. The Bertz CT molecular complexity index is 566. The number of fused-ring (bicyclic) bond motifs is 1. The molecule has 0 aromatic heterocycles. The average Bonchev–Trinajstić information content (AvgIpc) is 2.51. The van der Waals surface area contributed by atoms with E-state index in [0.29, 0.717) is 11.4 Å². The number of quaternary nitrogens is 1. The van der Waals surface area contributed by atoms with Crippen molar-refractivity contribution in [2.75, 3.05) is 26.2 Å². The summed E-state index contributed by atoms with van der Waals surface area (Å²) in [7, 11) is -3.37. The van der Waals surface area contributed by atoms with E-state index in [-0.39, 0.29) is 0 Å². The van der Waals surface area contributed by atoms with Gasteiger partial charge in [-0.1, -0.05) is 6.07 Å². The third kappa shape index (κ3) is 4.28. The predicted octanol–water partition coefficient (Wildman–Crippen LogP) is 0.768. The molecule has 0 atom stereocenters. The lowest BCUT2D eigenvalue weighted by molar-refractivity contribution is -0.895. The zero-order valence-corrected chi connectivity index (χ0v) is 13.9. The Morgan fingerprint density at radius 3 is 2.43 bits per heavy atom. The highest BCUT2D eigenvalue weighted by Gasteiger charge is 2.17. The van der Waals surface area contributed by atoms with Crippen molar-refractivity contribution in [3.8, 4) is 0 Å². The van der Waals surface area contributed by atoms with Crippen LogP contribution < -0.4 is 9.62 Å². The van der Waals surface area contributed by atoms with Crippen molar-refractivity contribution >= 4 is 10.0 Å². The van der Waals surface area contributed by atoms with Gasteiger partial charge in [0.2, 0.25) is 10.0 Å². The molecule has 2 rings (SSSR count). The average molecular weight is 311 g/mol. The smallest absolute Gasteiger partial charge is 0.240 e. The van der Waals surface area contributed by atoms with Crippen molar-refractivity contribution in [2.24, 2.45) is 0 Å². The van der Waals surface area contributed by atoms with Crippen LogP contribution in [0.1, 0.15) is 37.8 Å². The Labute approximate surface area is 128 Å². The quantitative estimate of drug-likeness (QED) is 0.781. The molecule has 1 aliphatic rings. The standard InChI is InChI=1S/C16H26N2O2S/c1-3-18(4-2)12-11-17-21(19,20)16-10-9-14-7-5-6-8-15(14)13-16/h9-10,13,17H,3-8,11-12H2,1-2H3/p+1. The summed E-state index contributed by atoms with van der Waals surface area (Å²) in [5.41, 5.74) is 2.52. The topological polar surface area (TPSA) is 50.6 Å². The summed E-state index contributed by atoms with van der Waals surface area (Å²) >= 11 is 0. The Morgan fingerprint density at radius 2 is 1.76 bits per heavy atom. The molecular formula is C16H27N2O2S+. The minimum Gasteiger partial charge on any atom is -0.334 e.